The van der Waals surface area contributed by atoms with Gasteiger partial charge in [0.2, 0.25) is 0 Å². The van der Waals surface area contributed by atoms with Crippen LogP contribution in [0.15, 0.2) is 4.47 Å². The van der Waals surface area contributed by atoms with Gasteiger partial charge in [0.15, 0.2) is 0 Å². The molecule has 1 aromatic heterocycles. The lowest BCUT2D eigenvalue weighted by Gasteiger charge is -2.21. The summed E-state index contributed by atoms with van der Waals surface area (Å²) in [5.41, 5.74) is 8.00. The fourth-order valence-corrected chi connectivity index (χ4v) is 2.81. The first-order valence-electron chi connectivity index (χ1n) is 6.62. The minimum Gasteiger partial charge on any atom is -0.393 e. The number of aryl methyl sites for hydroxylation is 2. The van der Waals surface area contributed by atoms with Gasteiger partial charge in [-0.2, -0.15) is 5.10 Å². The molecule has 0 saturated heterocycles. The second-order valence-corrected chi connectivity index (χ2v) is 6.14. The predicted octanol–water partition coefficient (Wildman–Crippen LogP) is 2.58. The van der Waals surface area contributed by atoms with E-state index >= 15 is 0 Å². The molecule has 0 aromatic carbocycles. The van der Waals surface area contributed by atoms with Gasteiger partial charge >= 0.3 is 0 Å². The molecule has 2 N–H and O–H groups in total. The molecular formula is C13H23BrN4S. The maximum atomic E-state index is 5.67. The van der Waals surface area contributed by atoms with Crippen LogP contribution in [0.5, 0.6) is 0 Å². The van der Waals surface area contributed by atoms with Gasteiger partial charge in [-0.05, 0) is 36.3 Å². The quantitative estimate of drug-likeness (QED) is 0.770. The van der Waals surface area contributed by atoms with Crippen LogP contribution >= 0.6 is 28.1 Å². The highest BCUT2D eigenvalue weighted by Crippen LogP contribution is 2.23. The first-order chi connectivity index (χ1) is 8.90. The van der Waals surface area contributed by atoms with Crippen molar-refractivity contribution >= 4 is 33.1 Å². The van der Waals surface area contributed by atoms with Crippen LogP contribution < -0.4 is 5.73 Å². The lowest BCUT2D eigenvalue weighted by atomic mass is 10.1. The highest BCUT2D eigenvalue weighted by atomic mass is 79.9. The van der Waals surface area contributed by atoms with Crippen LogP contribution in [0.4, 0.5) is 0 Å². The Morgan fingerprint density at radius 3 is 2.63 bits per heavy atom. The predicted molar refractivity (Wildman–Crippen MR) is 87.3 cm³/mol. The van der Waals surface area contributed by atoms with E-state index in [0.717, 1.165) is 36.2 Å². The molecule has 0 fully saturated rings. The zero-order valence-electron chi connectivity index (χ0n) is 12.1. The van der Waals surface area contributed by atoms with Gasteiger partial charge in [0.05, 0.1) is 20.8 Å². The van der Waals surface area contributed by atoms with Crippen LogP contribution in [0.25, 0.3) is 0 Å². The Morgan fingerprint density at radius 1 is 1.53 bits per heavy atom. The van der Waals surface area contributed by atoms with Gasteiger partial charge in [0, 0.05) is 25.6 Å². The smallest absolute Gasteiger partial charge is 0.0768 e. The second-order valence-electron chi connectivity index (χ2n) is 4.88. The van der Waals surface area contributed by atoms with E-state index in [1.54, 1.807) is 0 Å². The van der Waals surface area contributed by atoms with Crippen LogP contribution in [0.2, 0.25) is 0 Å². The molecule has 0 saturated carbocycles. The Morgan fingerprint density at radius 2 is 2.16 bits per heavy atom. The third kappa shape index (κ3) is 4.26. The summed E-state index contributed by atoms with van der Waals surface area (Å²) in [7, 11) is 2.08. The number of hydrogen-bond donors (Lipinski definition) is 1. The number of aromatic nitrogens is 2. The van der Waals surface area contributed by atoms with Gasteiger partial charge in [-0.1, -0.05) is 26.1 Å². The number of hydrogen-bond acceptors (Lipinski definition) is 3. The van der Waals surface area contributed by atoms with Gasteiger partial charge in [0.25, 0.3) is 0 Å². The molecule has 0 aliphatic carbocycles. The molecule has 1 rings (SSSR count). The van der Waals surface area contributed by atoms with Crippen LogP contribution in [-0.4, -0.2) is 33.3 Å². The van der Waals surface area contributed by atoms with E-state index in [2.05, 4.69) is 58.4 Å². The van der Waals surface area contributed by atoms with Crippen molar-refractivity contribution in [3.63, 3.8) is 0 Å². The van der Waals surface area contributed by atoms with E-state index in [1.165, 1.54) is 5.69 Å². The topological polar surface area (TPSA) is 47.1 Å². The van der Waals surface area contributed by atoms with Crippen molar-refractivity contribution in [2.24, 2.45) is 11.7 Å². The fourth-order valence-electron chi connectivity index (χ4n) is 2.05. The highest BCUT2D eigenvalue weighted by molar-refractivity contribution is 9.10. The molecule has 0 amide bonds. The summed E-state index contributed by atoms with van der Waals surface area (Å²) in [5, 5.41) is 4.61. The molecular weight excluding hydrogens is 324 g/mol. The molecule has 1 atom stereocenters. The van der Waals surface area contributed by atoms with Crippen LogP contribution in [0.3, 0.4) is 0 Å². The van der Waals surface area contributed by atoms with Crippen molar-refractivity contribution < 1.29 is 0 Å². The lowest BCUT2D eigenvalue weighted by Crippen LogP contribution is -2.31. The summed E-state index contributed by atoms with van der Waals surface area (Å²) >= 11 is 8.69. The van der Waals surface area contributed by atoms with E-state index in [9.17, 15) is 0 Å². The zero-order chi connectivity index (χ0) is 14.6. The molecule has 19 heavy (non-hydrogen) atoms. The summed E-state index contributed by atoms with van der Waals surface area (Å²) in [4.78, 5) is 2.81. The van der Waals surface area contributed by atoms with Crippen molar-refractivity contribution in [1.82, 2.24) is 14.7 Å². The number of nitrogens with zero attached hydrogens (tertiary/aromatic N) is 3. The molecule has 0 aliphatic heterocycles. The molecule has 0 aliphatic rings. The maximum Gasteiger partial charge on any atom is 0.0768 e. The number of rotatable bonds is 7. The van der Waals surface area contributed by atoms with Gasteiger partial charge in [-0.3, -0.25) is 9.58 Å². The summed E-state index contributed by atoms with van der Waals surface area (Å²) in [6.07, 6.45) is 0.938. The Hall–Kier alpha value is -0.460. The van der Waals surface area contributed by atoms with Gasteiger partial charge < -0.3 is 5.73 Å². The zero-order valence-corrected chi connectivity index (χ0v) is 14.5. The van der Waals surface area contributed by atoms with E-state index in [4.69, 9.17) is 18.0 Å². The largest absolute Gasteiger partial charge is 0.393 e. The van der Waals surface area contributed by atoms with Gasteiger partial charge in [-0.15, -0.1) is 0 Å². The van der Waals surface area contributed by atoms with Crippen molar-refractivity contribution in [3.8, 4) is 0 Å². The van der Waals surface area contributed by atoms with Crippen molar-refractivity contribution in [2.75, 3.05) is 13.6 Å². The van der Waals surface area contributed by atoms with Crippen LogP contribution in [0.1, 0.15) is 32.2 Å². The molecule has 6 heteroatoms. The van der Waals surface area contributed by atoms with Crippen LogP contribution in [-0.2, 0) is 19.5 Å². The molecule has 0 radical (unpaired) electrons. The fraction of sp³-hybridized carbons (Fsp3) is 0.692. The summed E-state index contributed by atoms with van der Waals surface area (Å²) in [6.45, 7) is 8.87. The Balaban J connectivity index is 2.81. The van der Waals surface area contributed by atoms with E-state index in [0.29, 0.717) is 4.99 Å². The van der Waals surface area contributed by atoms with Crippen molar-refractivity contribution in [1.29, 1.82) is 0 Å². The van der Waals surface area contributed by atoms with E-state index in [-0.39, 0.29) is 5.92 Å². The molecule has 108 valence electrons. The molecule has 1 heterocycles. The third-order valence-electron chi connectivity index (χ3n) is 3.19. The first-order valence-corrected chi connectivity index (χ1v) is 7.82. The van der Waals surface area contributed by atoms with Gasteiger partial charge in [-0.25, -0.2) is 0 Å². The lowest BCUT2D eigenvalue weighted by molar-refractivity contribution is 0.297. The minimum atomic E-state index is 0.224. The second kappa shape index (κ2) is 7.36. The molecule has 0 spiro atoms. The SMILES string of the molecule is CCc1nn(CC)c(CN(C)CC(C)C(N)=S)c1Br. The van der Waals surface area contributed by atoms with E-state index < -0.39 is 0 Å². The number of halogens is 1. The Labute approximate surface area is 129 Å². The summed E-state index contributed by atoms with van der Waals surface area (Å²) < 4.78 is 3.19. The summed E-state index contributed by atoms with van der Waals surface area (Å²) in [6, 6.07) is 0. The maximum absolute atomic E-state index is 5.67. The molecule has 0 bridgehead atoms. The van der Waals surface area contributed by atoms with E-state index in [1.807, 2.05) is 0 Å². The summed E-state index contributed by atoms with van der Waals surface area (Å²) in [5.74, 6) is 0.224. The van der Waals surface area contributed by atoms with Crippen molar-refractivity contribution in [3.05, 3.63) is 15.9 Å². The molecule has 1 aromatic rings. The highest BCUT2D eigenvalue weighted by Gasteiger charge is 2.17. The number of nitrogens with two attached hydrogens (primary N) is 1. The molecule has 4 nitrogen and oxygen atoms in total. The standard InChI is InChI=1S/C13H23BrN4S/c1-5-10-12(14)11(18(6-2)16-10)8-17(4)7-9(3)13(15)19/h9H,5-8H2,1-4H3,(H2,15,19). The Kier molecular flexibility index (Phi) is 6.42. The van der Waals surface area contributed by atoms with Gasteiger partial charge in [0.1, 0.15) is 0 Å². The first kappa shape index (κ1) is 16.6. The third-order valence-corrected chi connectivity index (χ3v) is 4.50. The van der Waals surface area contributed by atoms with Crippen molar-refractivity contribution in [2.45, 2.75) is 40.3 Å². The van der Waals surface area contributed by atoms with Crippen LogP contribution in [0, 0.1) is 5.92 Å². The minimum absolute atomic E-state index is 0.224. The average molecular weight is 347 g/mol. The Bertz CT molecular complexity index is 444. The molecule has 1 unspecified atom stereocenters. The monoisotopic (exact) mass is 346 g/mol. The average Bonchev–Trinajstić information content (AvgIpc) is 2.66. The normalized spacial score (nSPS) is 12.9. The number of thiocarbonyl (C=S) groups is 1.